The second kappa shape index (κ2) is 6.53. The van der Waals surface area contributed by atoms with Gasteiger partial charge in [0.05, 0.1) is 9.82 Å². The average Bonchev–Trinajstić information content (AvgIpc) is 2.47. The van der Waals surface area contributed by atoms with Gasteiger partial charge in [0.15, 0.2) is 0 Å². The number of nitrogens with zero attached hydrogens (tertiary/aromatic N) is 3. The second-order valence-electron chi connectivity index (χ2n) is 4.67. The fourth-order valence-corrected chi connectivity index (χ4v) is 3.12. The van der Waals surface area contributed by atoms with Gasteiger partial charge in [-0.15, -0.1) is 0 Å². The van der Waals surface area contributed by atoms with Crippen molar-refractivity contribution in [2.24, 2.45) is 0 Å². The molecule has 6 nitrogen and oxygen atoms in total. The minimum Gasteiger partial charge on any atom is -0.373 e. The maximum atomic E-state index is 11.1. The van der Waals surface area contributed by atoms with E-state index in [4.69, 9.17) is 0 Å². The van der Waals surface area contributed by atoms with Gasteiger partial charge < -0.3 is 5.32 Å². The molecule has 0 fully saturated rings. The molecule has 21 heavy (non-hydrogen) atoms. The maximum Gasteiger partial charge on any atom is 0.283 e. The van der Waals surface area contributed by atoms with Crippen molar-refractivity contribution in [1.82, 2.24) is 9.97 Å². The van der Waals surface area contributed by atoms with Gasteiger partial charge in [0, 0.05) is 18.7 Å². The van der Waals surface area contributed by atoms with Gasteiger partial charge >= 0.3 is 0 Å². The van der Waals surface area contributed by atoms with Crippen LogP contribution in [0.2, 0.25) is 0 Å². The third-order valence-corrected chi connectivity index (χ3v) is 4.01. The van der Waals surface area contributed by atoms with Crippen LogP contribution in [0.25, 0.3) is 0 Å². The van der Waals surface area contributed by atoms with Crippen LogP contribution in [0.1, 0.15) is 25.3 Å². The highest BCUT2D eigenvalue weighted by Crippen LogP contribution is 2.38. The summed E-state index contributed by atoms with van der Waals surface area (Å²) in [5.41, 5.74) is 1.05. The first-order chi connectivity index (χ1) is 10.0. The zero-order valence-corrected chi connectivity index (χ0v) is 12.8. The van der Waals surface area contributed by atoms with E-state index < -0.39 is 0 Å². The number of anilines is 1. The van der Waals surface area contributed by atoms with E-state index in [1.165, 1.54) is 24.2 Å². The number of aromatic nitrogens is 2. The van der Waals surface area contributed by atoms with E-state index in [1.807, 2.05) is 13.8 Å². The molecule has 0 saturated heterocycles. The lowest BCUT2D eigenvalue weighted by atomic mass is 10.1. The van der Waals surface area contributed by atoms with Gasteiger partial charge in [-0.1, -0.05) is 37.7 Å². The number of para-hydroxylation sites is 1. The molecule has 0 spiro atoms. The predicted octanol–water partition coefficient (Wildman–Crippen LogP) is 3.70. The monoisotopic (exact) mass is 304 g/mol. The molecule has 1 aromatic heterocycles. The standard InChI is InChI=1S/C14H16N4O2S/c1-9(2)12-13(15-3)16-8-17-14(12)21-11-7-5-4-6-10(11)18(19)20/h4-9H,1-3H3,(H,15,16,17). The first-order valence-corrected chi connectivity index (χ1v) is 7.30. The van der Waals surface area contributed by atoms with Crippen LogP contribution >= 0.6 is 11.8 Å². The molecule has 0 aliphatic heterocycles. The van der Waals surface area contributed by atoms with E-state index >= 15 is 0 Å². The Morgan fingerprint density at radius 2 is 2.00 bits per heavy atom. The van der Waals surface area contributed by atoms with Gasteiger partial charge in [-0.05, 0) is 12.0 Å². The predicted molar refractivity (Wildman–Crippen MR) is 82.9 cm³/mol. The average molecular weight is 304 g/mol. The normalized spacial score (nSPS) is 10.7. The second-order valence-corrected chi connectivity index (χ2v) is 5.70. The minimum atomic E-state index is -0.377. The highest BCUT2D eigenvalue weighted by Gasteiger charge is 2.19. The van der Waals surface area contributed by atoms with Gasteiger partial charge in [0.1, 0.15) is 17.2 Å². The molecule has 0 aliphatic rings. The Balaban J connectivity index is 2.48. The van der Waals surface area contributed by atoms with E-state index in [-0.39, 0.29) is 16.5 Å². The summed E-state index contributed by atoms with van der Waals surface area (Å²) in [5, 5.41) is 14.9. The number of hydrogen-bond acceptors (Lipinski definition) is 6. The molecule has 1 heterocycles. The summed E-state index contributed by atoms with van der Waals surface area (Å²) in [5.74, 6) is 0.958. The molecule has 110 valence electrons. The molecule has 0 amide bonds. The maximum absolute atomic E-state index is 11.1. The third-order valence-electron chi connectivity index (χ3n) is 2.93. The molecule has 0 saturated carbocycles. The van der Waals surface area contributed by atoms with Gasteiger partial charge in [-0.2, -0.15) is 0 Å². The molecule has 1 aromatic carbocycles. The van der Waals surface area contributed by atoms with Crippen LogP contribution in [-0.4, -0.2) is 21.9 Å². The zero-order valence-electron chi connectivity index (χ0n) is 12.0. The van der Waals surface area contributed by atoms with Crippen molar-refractivity contribution < 1.29 is 4.92 Å². The summed E-state index contributed by atoms with van der Waals surface area (Å²) < 4.78 is 0. The number of nitro groups is 1. The molecule has 1 N–H and O–H groups in total. The van der Waals surface area contributed by atoms with Crippen molar-refractivity contribution in [3.8, 4) is 0 Å². The molecule has 0 unspecified atom stereocenters. The van der Waals surface area contributed by atoms with E-state index in [0.29, 0.717) is 4.90 Å². The van der Waals surface area contributed by atoms with E-state index in [0.717, 1.165) is 16.4 Å². The fraction of sp³-hybridized carbons (Fsp3) is 0.286. The van der Waals surface area contributed by atoms with Crippen LogP contribution in [-0.2, 0) is 0 Å². The largest absolute Gasteiger partial charge is 0.373 e. The quantitative estimate of drug-likeness (QED) is 0.515. The highest BCUT2D eigenvalue weighted by atomic mass is 32.2. The number of rotatable bonds is 5. The highest BCUT2D eigenvalue weighted by molar-refractivity contribution is 7.99. The van der Waals surface area contributed by atoms with Crippen LogP contribution in [0.15, 0.2) is 40.5 Å². The topological polar surface area (TPSA) is 81.0 Å². The summed E-state index contributed by atoms with van der Waals surface area (Å²) in [7, 11) is 1.80. The van der Waals surface area contributed by atoms with Crippen molar-refractivity contribution in [3.05, 3.63) is 46.3 Å². The van der Waals surface area contributed by atoms with Crippen molar-refractivity contribution in [2.45, 2.75) is 29.7 Å². The first-order valence-electron chi connectivity index (χ1n) is 6.48. The van der Waals surface area contributed by atoms with Gasteiger partial charge in [-0.25, -0.2) is 9.97 Å². The molecule has 7 heteroatoms. The molecule has 0 bridgehead atoms. The van der Waals surface area contributed by atoms with Crippen LogP contribution < -0.4 is 5.32 Å². The number of nitrogens with one attached hydrogen (secondary N) is 1. The lowest BCUT2D eigenvalue weighted by molar-refractivity contribution is -0.387. The summed E-state index contributed by atoms with van der Waals surface area (Å²) >= 11 is 1.29. The number of nitro benzene ring substituents is 1. The van der Waals surface area contributed by atoms with Gasteiger partial charge in [0.2, 0.25) is 0 Å². The first kappa shape index (κ1) is 15.2. The van der Waals surface area contributed by atoms with Crippen LogP contribution in [0.3, 0.4) is 0 Å². The molecule has 2 aromatic rings. The molecule has 0 radical (unpaired) electrons. The number of hydrogen-bond donors (Lipinski definition) is 1. The SMILES string of the molecule is CNc1ncnc(Sc2ccccc2[N+](=O)[O-])c1C(C)C. The number of benzene rings is 1. The Labute approximate surface area is 127 Å². The summed E-state index contributed by atoms with van der Waals surface area (Å²) in [4.78, 5) is 19.8. The fourth-order valence-electron chi connectivity index (χ4n) is 1.98. The Bertz CT molecular complexity index is 661. The Morgan fingerprint density at radius 3 is 2.62 bits per heavy atom. The zero-order chi connectivity index (χ0) is 15.4. The van der Waals surface area contributed by atoms with Crippen molar-refractivity contribution >= 4 is 23.3 Å². The van der Waals surface area contributed by atoms with E-state index in [2.05, 4.69) is 15.3 Å². The van der Waals surface area contributed by atoms with Crippen LogP contribution in [0, 0.1) is 10.1 Å². The van der Waals surface area contributed by atoms with Crippen molar-refractivity contribution in [2.75, 3.05) is 12.4 Å². The molecule has 0 atom stereocenters. The smallest absolute Gasteiger partial charge is 0.283 e. The third kappa shape index (κ3) is 3.30. The Kier molecular flexibility index (Phi) is 4.74. The minimum absolute atomic E-state index is 0.0850. The molecular formula is C14H16N4O2S. The lowest BCUT2D eigenvalue weighted by Gasteiger charge is -2.14. The van der Waals surface area contributed by atoms with Crippen molar-refractivity contribution in [1.29, 1.82) is 0 Å². The van der Waals surface area contributed by atoms with Crippen LogP contribution in [0.5, 0.6) is 0 Å². The molecular weight excluding hydrogens is 288 g/mol. The van der Waals surface area contributed by atoms with Crippen LogP contribution in [0.4, 0.5) is 11.5 Å². The summed E-state index contributed by atoms with van der Waals surface area (Å²) in [6.07, 6.45) is 1.47. The molecule has 2 rings (SSSR count). The Morgan fingerprint density at radius 1 is 1.29 bits per heavy atom. The lowest BCUT2D eigenvalue weighted by Crippen LogP contribution is -2.04. The Hall–Kier alpha value is -2.15. The summed E-state index contributed by atoms with van der Waals surface area (Å²) in [6.45, 7) is 4.09. The van der Waals surface area contributed by atoms with E-state index in [1.54, 1.807) is 25.2 Å². The van der Waals surface area contributed by atoms with Gasteiger partial charge in [0.25, 0.3) is 5.69 Å². The van der Waals surface area contributed by atoms with Crippen molar-refractivity contribution in [3.63, 3.8) is 0 Å². The van der Waals surface area contributed by atoms with E-state index in [9.17, 15) is 10.1 Å². The van der Waals surface area contributed by atoms with Gasteiger partial charge in [-0.3, -0.25) is 10.1 Å². The summed E-state index contributed by atoms with van der Waals surface area (Å²) in [6, 6.07) is 6.67. The molecule has 0 aliphatic carbocycles.